The van der Waals surface area contributed by atoms with Gasteiger partial charge in [0, 0.05) is 12.0 Å². The normalized spacial score (nSPS) is 46.6. The Kier molecular flexibility index (Phi) is 1.43. The van der Waals surface area contributed by atoms with Crippen LogP contribution in [-0.2, 0) is 0 Å². The average molecular weight is 150 g/mol. The van der Waals surface area contributed by atoms with Gasteiger partial charge in [-0.15, -0.1) is 6.58 Å². The monoisotopic (exact) mass is 150 g/mol. The summed E-state index contributed by atoms with van der Waals surface area (Å²) in [7, 11) is 0. The highest BCUT2D eigenvalue weighted by molar-refractivity contribution is 5.24. The standard InChI is InChI=1S/C10H14O/c1-2-10-4-3-8(6-10)5-9(10)7-11/h2-4,8-9,11H,1,5-7H2. The van der Waals surface area contributed by atoms with Gasteiger partial charge >= 0.3 is 0 Å². The number of aliphatic hydroxyl groups is 1. The van der Waals surface area contributed by atoms with Crippen molar-refractivity contribution in [2.45, 2.75) is 12.8 Å². The van der Waals surface area contributed by atoms with E-state index in [2.05, 4.69) is 18.7 Å². The van der Waals surface area contributed by atoms with Crippen molar-refractivity contribution in [3.63, 3.8) is 0 Å². The van der Waals surface area contributed by atoms with Crippen molar-refractivity contribution in [3.05, 3.63) is 24.8 Å². The molecular weight excluding hydrogens is 136 g/mol. The number of aliphatic hydroxyl groups excluding tert-OH is 1. The van der Waals surface area contributed by atoms with Gasteiger partial charge in [0.2, 0.25) is 0 Å². The molecule has 1 N–H and O–H groups in total. The van der Waals surface area contributed by atoms with Crippen molar-refractivity contribution in [1.29, 1.82) is 0 Å². The lowest BCUT2D eigenvalue weighted by Gasteiger charge is -2.27. The molecule has 0 heterocycles. The topological polar surface area (TPSA) is 20.2 Å². The van der Waals surface area contributed by atoms with Gasteiger partial charge in [0.15, 0.2) is 0 Å². The van der Waals surface area contributed by atoms with E-state index in [0.29, 0.717) is 18.4 Å². The molecule has 0 aliphatic heterocycles. The molecule has 1 nitrogen and oxygen atoms in total. The first-order chi connectivity index (χ1) is 5.30. The third-order valence-electron chi connectivity index (χ3n) is 3.24. The van der Waals surface area contributed by atoms with Gasteiger partial charge in [0.05, 0.1) is 0 Å². The molecule has 1 saturated carbocycles. The second-order valence-electron chi connectivity index (χ2n) is 3.76. The molecule has 2 rings (SSSR count). The molecular formula is C10H14O. The Bertz CT molecular complexity index is 207. The van der Waals surface area contributed by atoms with Crippen LogP contribution in [0.3, 0.4) is 0 Å². The summed E-state index contributed by atoms with van der Waals surface area (Å²) in [5.41, 5.74) is 0.152. The van der Waals surface area contributed by atoms with Gasteiger partial charge < -0.3 is 5.11 Å². The largest absolute Gasteiger partial charge is 0.396 e. The predicted octanol–water partition coefficient (Wildman–Crippen LogP) is 1.75. The van der Waals surface area contributed by atoms with Crippen molar-refractivity contribution < 1.29 is 5.11 Å². The number of allylic oxidation sites excluding steroid dienone is 3. The predicted molar refractivity (Wildman–Crippen MR) is 45.1 cm³/mol. The number of hydrogen-bond donors (Lipinski definition) is 1. The van der Waals surface area contributed by atoms with E-state index in [1.165, 1.54) is 6.42 Å². The minimum Gasteiger partial charge on any atom is -0.396 e. The van der Waals surface area contributed by atoms with E-state index in [4.69, 9.17) is 5.11 Å². The van der Waals surface area contributed by atoms with Crippen LogP contribution in [-0.4, -0.2) is 11.7 Å². The SMILES string of the molecule is C=CC12C=CC(CC1CO)C2. The van der Waals surface area contributed by atoms with Crippen LogP contribution in [0.25, 0.3) is 0 Å². The van der Waals surface area contributed by atoms with Crippen molar-refractivity contribution in [2.75, 3.05) is 6.61 Å². The lowest BCUT2D eigenvalue weighted by atomic mass is 9.79. The van der Waals surface area contributed by atoms with Crippen LogP contribution in [0.2, 0.25) is 0 Å². The third kappa shape index (κ3) is 0.807. The summed E-state index contributed by atoms with van der Waals surface area (Å²) < 4.78 is 0. The third-order valence-corrected chi connectivity index (χ3v) is 3.24. The molecule has 60 valence electrons. The van der Waals surface area contributed by atoms with Gasteiger partial charge in [0.25, 0.3) is 0 Å². The lowest BCUT2D eigenvalue weighted by Crippen LogP contribution is -2.23. The van der Waals surface area contributed by atoms with Crippen LogP contribution < -0.4 is 0 Å². The smallest absolute Gasteiger partial charge is 0.0470 e. The lowest BCUT2D eigenvalue weighted by molar-refractivity contribution is 0.179. The minimum atomic E-state index is 0.152. The zero-order valence-corrected chi connectivity index (χ0v) is 6.66. The Morgan fingerprint density at radius 1 is 1.73 bits per heavy atom. The molecule has 1 heteroatoms. The Morgan fingerprint density at radius 2 is 2.55 bits per heavy atom. The van der Waals surface area contributed by atoms with E-state index in [1.807, 2.05) is 6.08 Å². The maximum Gasteiger partial charge on any atom is 0.0470 e. The van der Waals surface area contributed by atoms with Crippen LogP contribution in [0, 0.1) is 17.3 Å². The van der Waals surface area contributed by atoms with E-state index < -0.39 is 0 Å². The van der Waals surface area contributed by atoms with E-state index in [-0.39, 0.29) is 5.41 Å². The van der Waals surface area contributed by atoms with E-state index in [1.54, 1.807) is 0 Å². The van der Waals surface area contributed by atoms with Crippen LogP contribution in [0.15, 0.2) is 24.8 Å². The maximum atomic E-state index is 9.10. The number of rotatable bonds is 2. The first-order valence-corrected chi connectivity index (χ1v) is 4.24. The maximum absolute atomic E-state index is 9.10. The Balaban J connectivity index is 2.29. The quantitative estimate of drug-likeness (QED) is 0.594. The van der Waals surface area contributed by atoms with Crippen LogP contribution in [0.1, 0.15) is 12.8 Å². The summed E-state index contributed by atoms with van der Waals surface area (Å²) in [6.45, 7) is 4.16. The minimum absolute atomic E-state index is 0.152. The Morgan fingerprint density at radius 3 is 3.00 bits per heavy atom. The van der Waals surface area contributed by atoms with Gasteiger partial charge in [0.1, 0.15) is 0 Å². The first kappa shape index (κ1) is 7.11. The molecule has 0 amide bonds. The van der Waals surface area contributed by atoms with Gasteiger partial charge in [-0.2, -0.15) is 0 Å². The molecule has 2 aliphatic rings. The van der Waals surface area contributed by atoms with E-state index in [9.17, 15) is 0 Å². The summed E-state index contributed by atoms with van der Waals surface area (Å²) in [6, 6.07) is 0. The van der Waals surface area contributed by atoms with Crippen molar-refractivity contribution in [3.8, 4) is 0 Å². The molecule has 3 atom stereocenters. The summed E-state index contributed by atoms with van der Waals surface area (Å²) in [5, 5.41) is 9.10. The summed E-state index contributed by atoms with van der Waals surface area (Å²) in [4.78, 5) is 0. The number of hydrogen-bond acceptors (Lipinski definition) is 1. The van der Waals surface area contributed by atoms with Gasteiger partial charge in [-0.1, -0.05) is 18.2 Å². The van der Waals surface area contributed by atoms with Gasteiger partial charge in [-0.05, 0) is 24.7 Å². The second-order valence-corrected chi connectivity index (χ2v) is 3.76. The number of fused-ring (bicyclic) bond motifs is 2. The highest BCUT2D eigenvalue weighted by Crippen LogP contribution is 2.53. The van der Waals surface area contributed by atoms with Crippen molar-refractivity contribution in [1.82, 2.24) is 0 Å². The molecule has 2 bridgehead atoms. The van der Waals surface area contributed by atoms with Gasteiger partial charge in [-0.25, -0.2) is 0 Å². The molecule has 0 aromatic heterocycles. The van der Waals surface area contributed by atoms with E-state index >= 15 is 0 Å². The molecule has 1 fully saturated rings. The Hall–Kier alpha value is -0.560. The second kappa shape index (κ2) is 2.21. The van der Waals surface area contributed by atoms with Crippen molar-refractivity contribution >= 4 is 0 Å². The molecule has 0 spiro atoms. The molecule has 11 heavy (non-hydrogen) atoms. The molecule has 2 aliphatic carbocycles. The fraction of sp³-hybridized carbons (Fsp3) is 0.600. The fourth-order valence-electron chi connectivity index (χ4n) is 2.52. The molecule has 0 saturated heterocycles. The first-order valence-electron chi connectivity index (χ1n) is 4.24. The zero-order chi connectivity index (χ0) is 7.90. The highest BCUT2D eigenvalue weighted by Gasteiger charge is 2.45. The van der Waals surface area contributed by atoms with Crippen LogP contribution in [0.5, 0.6) is 0 Å². The van der Waals surface area contributed by atoms with E-state index in [0.717, 1.165) is 6.42 Å². The molecule has 0 aromatic rings. The summed E-state index contributed by atoms with van der Waals surface area (Å²) in [6.07, 6.45) is 8.85. The van der Waals surface area contributed by atoms with Crippen LogP contribution in [0.4, 0.5) is 0 Å². The molecule has 3 unspecified atom stereocenters. The van der Waals surface area contributed by atoms with Crippen LogP contribution >= 0.6 is 0 Å². The zero-order valence-electron chi connectivity index (χ0n) is 6.66. The van der Waals surface area contributed by atoms with Crippen molar-refractivity contribution in [2.24, 2.45) is 17.3 Å². The highest BCUT2D eigenvalue weighted by atomic mass is 16.3. The Labute approximate surface area is 67.4 Å². The van der Waals surface area contributed by atoms with Gasteiger partial charge in [-0.3, -0.25) is 0 Å². The summed E-state index contributed by atoms with van der Waals surface area (Å²) in [5.74, 6) is 1.15. The average Bonchev–Trinajstić information content (AvgIpc) is 2.60. The fourth-order valence-corrected chi connectivity index (χ4v) is 2.52. The molecule has 0 radical (unpaired) electrons. The molecule has 0 aromatic carbocycles. The summed E-state index contributed by atoms with van der Waals surface area (Å²) >= 11 is 0.